The Labute approximate surface area is 138 Å². The number of para-hydroxylation sites is 1. The fourth-order valence-electron chi connectivity index (χ4n) is 2.16. The molecule has 1 atom stereocenters. The van der Waals surface area contributed by atoms with Crippen LogP contribution in [0.25, 0.3) is 0 Å². The van der Waals surface area contributed by atoms with E-state index in [9.17, 15) is 9.59 Å². The summed E-state index contributed by atoms with van der Waals surface area (Å²) in [5.74, 6) is 0.988. The van der Waals surface area contributed by atoms with Gasteiger partial charge in [0.15, 0.2) is 0 Å². The molecule has 1 aromatic rings. The number of aryl methyl sites for hydroxylation is 2. The number of hydrogen-bond donors (Lipinski definition) is 2. The SMILES string of the molecule is C/C(CCC(=O)Nc1c(C)cccc1C)=N\N=S1/CNC(=O)C1. The summed E-state index contributed by atoms with van der Waals surface area (Å²) in [5.41, 5.74) is 3.79. The van der Waals surface area contributed by atoms with Crippen LogP contribution in [0.15, 0.2) is 27.8 Å². The molecule has 0 saturated carbocycles. The maximum absolute atomic E-state index is 12.1. The van der Waals surface area contributed by atoms with Gasteiger partial charge in [-0.05, 0) is 49.0 Å². The Kier molecular flexibility index (Phi) is 6.04. The second kappa shape index (κ2) is 8.01. The number of benzene rings is 1. The third-order valence-corrected chi connectivity index (χ3v) is 4.91. The number of nitrogens with one attached hydrogen (secondary N) is 2. The Bertz CT molecular complexity index is 662. The smallest absolute Gasteiger partial charge is 0.231 e. The highest BCUT2D eigenvalue weighted by atomic mass is 32.2. The summed E-state index contributed by atoms with van der Waals surface area (Å²) in [6.07, 6.45) is 0.919. The van der Waals surface area contributed by atoms with Crippen LogP contribution < -0.4 is 10.6 Å². The largest absolute Gasteiger partial charge is 0.345 e. The molecule has 1 unspecified atom stereocenters. The first-order valence-corrected chi connectivity index (χ1v) is 9.02. The predicted octanol–water partition coefficient (Wildman–Crippen LogP) is 2.29. The van der Waals surface area contributed by atoms with Crippen molar-refractivity contribution in [2.75, 3.05) is 16.9 Å². The lowest BCUT2D eigenvalue weighted by Gasteiger charge is -2.11. The molecule has 1 aromatic carbocycles. The molecule has 0 spiro atoms. The van der Waals surface area contributed by atoms with E-state index in [1.807, 2.05) is 39.0 Å². The summed E-state index contributed by atoms with van der Waals surface area (Å²) in [7, 11) is -0.354. The Morgan fingerprint density at radius 1 is 1.30 bits per heavy atom. The lowest BCUT2D eigenvalue weighted by atomic mass is 10.1. The standard InChI is InChI=1S/C16H22N4O2S/c1-11-5-4-6-12(2)16(11)18-14(21)8-7-13(3)19-20-23-9-15(22)17-10-23/h4-6H,7-10H2,1-3H3,(H,17,22)(H,18,21)/b19-13+. The van der Waals surface area contributed by atoms with Crippen LogP contribution >= 0.6 is 0 Å². The van der Waals surface area contributed by atoms with Crippen molar-refractivity contribution in [3.63, 3.8) is 0 Å². The molecule has 1 saturated heterocycles. The molecule has 2 rings (SSSR count). The average molecular weight is 334 g/mol. The molecule has 23 heavy (non-hydrogen) atoms. The molecule has 6 nitrogen and oxygen atoms in total. The van der Waals surface area contributed by atoms with E-state index in [0.29, 0.717) is 24.5 Å². The summed E-state index contributed by atoms with van der Waals surface area (Å²) in [6, 6.07) is 5.93. The van der Waals surface area contributed by atoms with E-state index in [1.54, 1.807) is 0 Å². The van der Waals surface area contributed by atoms with Gasteiger partial charge in [-0.3, -0.25) is 9.59 Å². The summed E-state index contributed by atoms with van der Waals surface area (Å²) >= 11 is 0. The zero-order chi connectivity index (χ0) is 16.8. The van der Waals surface area contributed by atoms with Crippen molar-refractivity contribution in [2.45, 2.75) is 33.6 Å². The highest BCUT2D eigenvalue weighted by Gasteiger charge is 2.14. The molecular formula is C16H22N4O2S. The quantitative estimate of drug-likeness (QED) is 0.640. The van der Waals surface area contributed by atoms with Gasteiger partial charge in [0.25, 0.3) is 0 Å². The Balaban J connectivity index is 1.85. The monoisotopic (exact) mass is 334 g/mol. The van der Waals surface area contributed by atoms with E-state index in [2.05, 4.69) is 20.2 Å². The minimum atomic E-state index is -0.354. The van der Waals surface area contributed by atoms with Crippen LogP contribution in [0.4, 0.5) is 5.69 Å². The number of carbonyl (C=O) groups is 2. The Hall–Kier alpha value is -2.02. The van der Waals surface area contributed by atoms with Crippen molar-refractivity contribution in [3.05, 3.63) is 29.3 Å². The molecule has 124 valence electrons. The van der Waals surface area contributed by atoms with Crippen LogP contribution in [0, 0.1) is 13.8 Å². The fraction of sp³-hybridized carbons (Fsp3) is 0.438. The van der Waals surface area contributed by atoms with Crippen molar-refractivity contribution in [1.29, 1.82) is 0 Å². The average Bonchev–Trinajstić information content (AvgIpc) is 2.92. The highest BCUT2D eigenvalue weighted by Crippen LogP contribution is 2.19. The molecule has 0 bridgehead atoms. The van der Waals surface area contributed by atoms with Gasteiger partial charge in [-0.1, -0.05) is 18.2 Å². The molecular weight excluding hydrogens is 312 g/mol. The second-order valence-electron chi connectivity index (χ2n) is 5.58. The third-order valence-electron chi connectivity index (χ3n) is 3.52. The van der Waals surface area contributed by atoms with Crippen molar-refractivity contribution in [2.24, 2.45) is 9.57 Å². The van der Waals surface area contributed by atoms with E-state index >= 15 is 0 Å². The summed E-state index contributed by atoms with van der Waals surface area (Å²) < 4.78 is 4.16. The maximum Gasteiger partial charge on any atom is 0.231 e. The normalized spacial score (nSPS) is 18.1. The van der Waals surface area contributed by atoms with Crippen molar-refractivity contribution >= 4 is 33.9 Å². The number of hydrogen-bond acceptors (Lipinski definition) is 3. The molecule has 2 amide bonds. The Morgan fingerprint density at radius 2 is 2.00 bits per heavy atom. The lowest BCUT2D eigenvalue weighted by Crippen LogP contribution is -2.14. The van der Waals surface area contributed by atoms with Crippen LogP contribution in [0.1, 0.15) is 30.9 Å². The third kappa shape index (κ3) is 5.28. The number of rotatable bonds is 5. The first-order valence-electron chi connectivity index (χ1n) is 7.50. The van der Waals surface area contributed by atoms with Crippen LogP contribution in [0.5, 0.6) is 0 Å². The Morgan fingerprint density at radius 3 is 2.61 bits per heavy atom. The van der Waals surface area contributed by atoms with Gasteiger partial charge in [-0.15, -0.1) is 4.47 Å². The minimum Gasteiger partial charge on any atom is -0.345 e. The van der Waals surface area contributed by atoms with E-state index in [-0.39, 0.29) is 22.5 Å². The highest BCUT2D eigenvalue weighted by molar-refractivity contribution is 7.88. The van der Waals surface area contributed by atoms with Gasteiger partial charge >= 0.3 is 0 Å². The first kappa shape index (κ1) is 17.3. The maximum atomic E-state index is 12.1. The van der Waals surface area contributed by atoms with E-state index < -0.39 is 0 Å². The van der Waals surface area contributed by atoms with Crippen LogP contribution in [0.3, 0.4) is 0 Å². The molecule has 1 aliphatic heterocycles. The second-order valence-corrected chi connectivity index (χ2v) is 7.25. The zero-order valence-electron chi connectivity index (χ0n) is 13.7. The van der Waals surface area contributed by atoms with Crippen LogP contribution in [0.2, 0.25) is 0 Å². The van der Waals surface area contributed by atoms with Gasteiger partial charge in [0.1, 0.15) is 0 Å². The number of amides is 2. The molecule has 1 aliphatic rings. The van der Waals surface area contributed by atoms with E-state index in [4.69, 9.17) is 0 Å². The van der Waals surface area contributed by atoms with Crippen LogP contribution in [-0.2, 0) is 20.3 Å². The van der Waals surface area contributed by atoms with Gasteiger partial charge in [-0.2, -0.15) is 5.10 Å². The van der Waals surface area contributed by atoms with Crippen molar-refractivity contribution in [1.82, 2.24) is 5.32 Å². The van der Waals surface area contributed by atoms with E-state index in [1.165, 1.54) is 0 Å². The molecule has 7 heteroatoms. The number of carbonyl (C=O) groups excluding carboxylic acids is 2. The zero-order valence-corrected chi connectivity index (χ0v) is 14.5. The van der Waals surface area contributed by atoms with Gasteiger partial charge < -0.3 is 10.6 Å². The van der Waals surface area contributed by atoms with Crippen molar-refractivity contribution in [3.8, 4) is 0 Å². The molecule has 0 radical (unpaired) electrons. The summed E-state index contributed by atoms with van der Waals surface area (Å²) in [5, 5.41) is 9.82. The summed E-state index contributed by atoms with van der Waals surface area (Å²) in [6.45, 7) is 5.81. The van der Waals surface area contributed by atoms with Gasteiger partial charge in [0.2, 0.25) is 11.8 Å². The molecule has 0 aromatic heterocycles. The predicted molar refractivity (Wildman–Crippen MR) is 94.6 cm³/mol. The molecule has 2 N–H and O–H groups in total. The van der Waals surface area contributed by atoms with E-state index in [0.717, 1.165) is 22.5 Å². The number of anilines is 1. The summed E-state index contributed by atoms with van der Waals surface area (Å²) in [4.78, 5) is 23.2. The van der Waals surface area contributed by atoms with Gasteiger partial charge in [-0.25, -0.2) is 0 Å². The lowest BCUT2D eigenvalue weighted by molar-refractivity contribution is -0.118. The minimum absolute atomic E-state index is 0.0258. The van der Waals surface area contributed by atoms with Gasteiger partial charge in [0.05, 0.1) is 11.6 Å². The fourth-order valence-corrected chi connectivity index (χ4v) is 3.37. The topological polar surface area (TPSA) is 82.9 Å². The molecule has 1 fully saturated rings. The molecule has 1 heterocycles. The van der Waals surface area contributed by atoms with Crippen LogP contribution in [-0.4, -0.2) is 29.2 Å². The molecule has 0 aliphatic carbocycles. The van der Waals surface area contributed by atoms with Gasteiger partial charge in [0, 0.05) is 17.8 Å². The number of nitrogens with zero attached hydrogens (tertiary/aromatic N) is 2. The van der Waals surface area contributed by atoms with Crippen molar-refractivity contribution < 1.29 is 9.59 Å². The first-order chi connectivity index (χ1) is 11.0.